The number of hydrogen-bond acceptors (Lipinski definition) is 3. The SMILES string of the molecule is NS(=O)(=O)c1cc(C(=O)c2cc3ccccc3[nH]2)ccc1Cl. The van der Waals surface area contributed by atoms with Crippen molar-refractivity contribution in [2.45, 2.75) is 4.90 Å². The van der Waals surface area contributed by atoms with Gasteiger partial charge in [-0.1, -0.05) is 29.8 Å². The third kappa shape index (κ3) is 2.64. The van der Waals surface area contributed by atoms with E-state index in [9.17, 15) is 13.2 Å². The number of nitrogens with two attached hydrogens (primary N) is 1. The molecule has 5 nitrogen and oxygen atoms in total. The molecule has 0 aliphatic carbocycles. The summed E-state index contributed by atoms with van der Waals surface area (Å²) in [5.74, 6) is -0.335. The van der Waals surface area contributed by atoms with E-state index in [0.717, 1.165) is 10.9 Å². The molecule has 0 bridgehead atoms. The molecule has 0 fully saturated rings. The van der Waals surface area contributed by atoms with E-state index in [2.05, 4.69) is 4.98 Å². The Balaban J connectivity index is 2.09. The maximum absolute atomic E-state index is 12.5. The molecule has 0 unspecified atom stereocenters. The fraction of sp³-hybridized carbons (Fsp3) is 0. The van der Waals surface area contributed by atoms with Gasteiger partial charge in [-0.2, -0.15) is 0 Å². The Hall–Kier alpha value is -2.15. The first-order valence-corrected chi connectivity index (χ1v) is 8.23. The number of benzene rings is 2. The number of nitrogens with one attached hydrogen (secondary N) is 1. The van der Waals surface area contributed by atoms with Gasteiger partial charge in [0.25, 0.3) is 0 Å². The van der Waals surface area contributed by atoms with E-state index in [4.69, 9.17) is 16.7 Å². The van der Waals surface area contributed by atoms with Crippen LogP contribution in [0.1, 0.15) is 16.1 Å². The Morgan fingerprint density at radius 1 is 1.09 bits per heavy atom. The first kappa shape index (κ1) is 14.8. The number of fused-ring (bicyclic) bond motifs is 1. The van der Waals surface area contributed by atoms with Gasteiger partial charge < -0.3 is 4.98 Å². The summed E-state index contributed by atoms with van der Waals surface area (Å²) >= 11 is 5.82. The third-order valence-electron chi connectivity index (χ3n) is 3.27. The summed E-state index contributed by atoms with van der Waals surface area (Å²) < 4.78 is 23.0. The summed E-state index contributed by atoms with van der Waals surface area (Å²) in [5.41, 5.74) is 1.38. The molecule has 0 aliphatic heterocycles. The summed E-state index contributed by atoms with van der Waals surface area (Å²) in [4.78, 5) is 15.2. The van der Waals surface area contributed by atoms with E-state index in [1.54, 1.807) is 6.07 Å². The predicted molar refractivity (Wildman–Crippen MR) is 84.6 cm³/mol. The highest BCUT2D eigenvalue weighted by molar-refractivity contribution is 7.89. The highest BCUT2D eigenvalue weighted by Crippen LogP contribution is 2.24. The van der Waals surface area contributed by atoms with Crippen LogP contribution in [0.5, 0.6) is 0 Å². The number of aromatic nitrogens is 1. The zero-order valence-electron chi connectivity index (χ0n) is 11.2. The van der Waals surface area contributed by atoms with Gasteiger partial charge in [-0.05, 0) is 30.3 Å². The normalized spacial score (nSPS) is 11.7. The van der Waals surface area contributed by atoms with E-state index < -0.39 is 10.0 Å². The molecule has 2 aromatic carbocycles. The van der Waals surface area contributed by atoms with Gasteiger partial charge in [-0.25, -0.2) is 13.6 Å². The summed E-state index contributed by atoms with van der Waals surface area (Å²) in [6, 6.07) is 13.2. The topological polar surface area (TPSA) is 93.0 Å². The average molecular weight is 335 g/mol. The van der Waals surface area contributed by atoms with Crippen molar-refractivity contribution in [3.05, 3.63) is 64.8 Å². The van der Waals surface area contributed by atoms with Gasteiger partial charge in [-0.3, -0.25) is 4.79 Å². The highest BCUT2D eigenvalue weighted by Gasteiger charge is 2.18. The van der Waals surface area contributed by atoms with Crippen LogP contribution in [0.4, 0.5) is 0 Å². The number of ketones is 1. The minimum absolute atomic E-state index is 0.0179. The standard InChI is InChI=1S/C15H11ClN2O3S/c16-11-6-5-10(8-14(11)22(17,20)21)15(19)13-7-9-3-1-2-4-12(9)18-13/h1-8,18H,(H2,17,20,21). The van der Waals surface area contributed by atoms with E-state index >= 15 is 0 Å². The fourth-order valence-electron chi connectivity index (χ4n) is 2.21. The molecule has 7 heteroatoms. The van der Waals surface area contributed by atoms with Crippen molar-refractivity contribution >= 4 is 38.3 Å². The number of H-pyrrole nitrogens is 1. The molecule has 0 radical (unpaired) electrons. The van der Waals surface area contributed by atoms with Crippen molar-refractivity contribution in [2.75, 3.05) is 0 Å². The number of carbonyl (C=O) groups excluding carboxylic acids is 1. The Kier molecular flexibility index (Phi) is 3.52. The van der Waals surface area contributed by atoms with Crippen LogP contribution in [0, 0.1) is 0 Å². The summed E-state index contributed by atoms with van der Waals surface area (Å²) in [7, 11) is -3.99. The number of aromatic amines is 1. The zero-order chi connectivity index (χ0) is 15.9. The molecule has 3 rings (SSSR count). The lowest BCUT2D eigenvalue weighted by atomic mass is 10.1. The molecular formula is C15H11ClN2O3S. The first-order chi connectivity index (χ1) is 10.4. The minimum Gasteiger partial charge on any atom is -0.352 e. The van der Waals surface area contributed by atoms with Gasteiger partial charge >= 0.3 is 0 Å². The lowest BCUT2D eigenvalue weighted by Gasteiger charge is -2.04. The van der Waals surface area contributed by atoms with Crippen molar-refractivity contribution in [2.24, 2.45) is 5.14 Å². The van der Waals surface area contributed by atoms with Crippen molar-refractivity contribution in [1.82, 2.24) is 4.98 Å². The number of hydrogen-bond donors (Lipinski definition) is 2. The van der Waals surface area contributed by atoms with Gasteiger partial charge in [0.1, 0.15) is 4.90 Å². The molecule has 0 saturated carbocycles. The van der Waals surface area contributed by atoms with Crippen LogP contribution in [0.25, 0.3) is 10.9 Å². The highest BCUT2D eigenvalue weighted by atomic mass is 35.5. The second kappa shape index (κ2) is 5.24. The molecule has 0 amide bonds. The zero-order valence-corrected chi connectivity index (χ0v) is 12.8. The van der Waals surface area contributed by atoms with Crippen LogP contribution >= 0.6 is 11.6 Å². The lowest BCUT2D eigenvalue weighted by Crippen LogP contribution is -2.14. The van der Waals surface area contributed by atoms with Crippen LogP contribution in [0.2, 0.25) is 5.02 Å². The second-order valence-corrected chi connectivity index (χ2v) is 6.73. The van der Waals surface area contributed by atoms with Gasteiger partial charge in [0.2, 0.25) is 15.8 Å². The van der Waals surface area contributed by atoms with Gasteiger partial charge in [0, 0.05) is 16.5 Å². The predicted octanol–water partition coefficient (Wildman–Crippen LogP) is 2.70. The van der Waals surface area contributed by atoms with Crippen molar-refractivity contribution < 1.29 is 13.2 Å². The Morgan fingerprint density at radius 3 is 2.50 bits per heavy atom. The number of sulfonamides is 1. The van der Waals surface area contributed by atoms with Crippen molar-refractivity contribution in [1.29, 1.82) is 0 Å². The second-order valence-electron chi connectivity index (χ2n) is 4.79. The van der Waals surface area contributed by atoms with Crippen LogP contribution in [0.15, 0.2) is 53.4 Å². The molecule has 0 spiro atoms. The monoisotopic (exact) mass is 334 g/mol. The minimum atomic E-state index is -3.99. The van der Waals surface area contributed by atoms with Crippen LogP contribution in [-0.4, -0.2) is 19.2 Å². The molecule has 0 atom stereocenters. The largest absolute Gasteiger partial charge is 0.352 e. The molecule has 112 valence electrons. The van der Waals surface area contributed by atoms with Gasteiger partial charge in [0.15, 0.2) is 0 Å². The Morgan fingerprint density at radius 2 is 1.82 bits per heavy atom. The number of halogens is 1. The maximum Gasteiger partial charge on any atom is 0.239 e. The number of para-hydroxylation sites is 1. The quantitative estimate of drug-likeness (QED) is 0.721. The maximum atomic E-state index is 12.5. The van der Waals surface area contributed by atoms with E-state index in [1.165, 1.54) is 18.2 Å². The molecule has 0 aliphatic rings. The number of carbonyl (C=O) groups is 1. The molecule has 3 N–H and O–H groups in total. The fourth-order valence-corrected chi connectivity index (χ4v) is 3.29. The Labute approximate surface area is 131 Å². The summed E-state index contributed by atoms with van der Waals surface area (Å²) in [6.45, 7) is 0. The Bertz CT molecular complexity index is 960. The van der Waals surface area contributed by atoms with Crippen molar-refractivity contribution in [3.8, 4) is 0 Å². The number of primary sulfonamides is 1. The summed E-state index contributed by atoms with van der Waals surface area (Å²) in [5, 5.41) is 5.97. The number of rotatable bonds is 3. The van der Waals surface area contributed by atoms with Gasteiger partial charge in [0.05, 0.1) is 10.7 Å². The average Bonchev–Trinajstić information content (AvgIpc) is 2.89. The molecular weight excluding hydrogens is 324 g/mol. The van der Waals surface area contributed by atoms with Crippen LogP contribution in [0.3, 0.4) is 0 Å². The smallest absolute Gasteiger partial charge is 0.239 e. The van der Waals surface area contributed by atoms with E-state index in [1.807, 2.05) is 24.3 Å². The molecule has 1 heterocycles. The van der Waals surface area contributed by atoms with Gasteiger partial charge in [-0.15, -0.1) is 0 Å². The molecule has 22 heavy (non-hydrogen) atoms. The van der Waals surface area contributed by atoms with Crippen molar-refractivity contribution in [3.63, 3.8) is 0 Å². The first-order valence-electron chi connectivity index (χ1n) is 6.31. The van der Waals surface area contributed by atoms with Crippen LogP contribution in [-0.2, 0) is 10.0 Å². The molecule has 1 aromatic heterocycles. The lowest BCUT2D eigenvalue weighted by molar-refractivity contribution is 0.103. The van der Waals surface area contributed by atoms with E-state index in [0.29, 0.717) is 5.69 Å². The summed E-state index contributed by atoms with van der Waals surface area (Å²) in [6.07, 6.45) is 0. The van der Waals surface area contributed by atoms with E-state index in [-0.39, 0.29) is 21.3 Å². The molecule has 3 aromatic rings. The third-order valence-corrected chi connectivity index (χ3v) is 4.67. The molecule has 0 saturated heterocycles. The van der Waals surface area contributed by atoms with Crippen LogP contribution < -0.4 is 5.14 Å².